The van der Waals surface area contributed by atoms with Gasteiger partial charge >= 0.3 is 12.1 Å². The Hall–Kier alpha value is -3.88. The van der Waals surface area contributed by atoms with Crippen LogP contribution in [0.3, 0.4) is 0 Å². The fraction of sp³-hybridized carbons (Fsp3) is 0.467. The molecule has 2 aromatic heterocycles. The van der Waals surface area contributed by atoms with Crippen LogP contribution in [0.25, 0.3) is 10.9 Å². The number of alkyl carbamates (subject to hydrolysis) is 1. The molecule has 208 valence electrons. The number of benzene rings is 1. The van der Waals surface area contributed by atoms with Crippen LogP contribution in [0.1, 0.15) is 51.8 Å². The van der Waals surface area contributed by atoms with Gasteiger partial charge in [0.05, 0.1) is 12.0 Å². The quantitative estimate of drug-likeness (QED) is 0.414. The molecule has 2 N–H and O–H groups in total. The maximum absolute atomic E-state index is 14.1. The SMILES string of the molecule is CCOC(=O)[C@]1(Cc2ccccn2)CCCN(C(=O)[C@@H](Cc2c[nH]c3ccccc23)NC(=O)OC(C)(C)C)C1. The number of rotatable bonds is 8. The summed E-state index contributed by atoms with van der Waals surface area (Å²) in [6, 6.07) is 12.5. The number of hydrogen-bond acceptors (Lipinski definition) is 6. The molecule has 2 amide bonds. The number of amides is 2. The second-order valence-electron chi connectivity index (χ2n) is 11.1. The lowest BCUT2D eigenvalue weighted by molar-refractivity contribution is -0.161. The average molecular weight is 535 g/mol. The first-order valence-corrected chi connectivity index (χ1v) is 13.5. The Morgan fingerprint density at radius 2 is 1.92 bits per heavy atom. The number of nitrogens with zero attached hydrogens (tertiary/aromatic N) is 2. The maximum atomic E-state index is 14.1. The van der Waals surface area contributed by atoms with Crippen molar-refractivity contribution in [3.8, 4) is 0 Å². The van der Waals surface area contributed by atoms with Crippen molar-refractivity contribution >= 4 is 28.9 Å². The molecule has 0 spiro atoms. The van der Waals surface area contributed by atoms with Gasteiger partial charge in [-0.05, 0) is 64.3 Å². The number of carbonyl (C=O) groups excluding carboxylic acids is 3. The van der Waals surface area contributed by atoms with Crippen LogP contribution in [0.2, 0.25) is 0 Å². The van der Waals surface area contributed by atoms with E-state index in [1.807, 2.05) is 48.7 Å². The first kappa shape index (κ1) is 28.1. The van der Waals surface area contributed by atoms with Crippen molar-refractivity contribution in [3.05, 3.63) is 66.1 Å². The van der Waals surface area contributed by atoms with E-state index in [0.717, 1.165) is 22.2 Å². The van der Waals surface area contributed by atoms with Gasteiger partial charge in [-0.15, -0.1) is 0 Å². The number of aromatic amines is 1. The highest BCUT2D eigenvalue weighted by molar-refractivity contribution is 5.89. The topological polar surface area (TPSA) is 114 Å². The smallest absolute Gasteiger partial charge is 0.408 e. The first-order valence-electron chi connectivity index (χ1n) is 13.5. The number of fused-ring (bicyclic) bond motifs is 1. The number of nitrogens with one attached hydrogen (secondary N) is 2. The van der Waals surface area contributed by atoms with Gasteiger partial charge in [-0.3, -0.25) is 14.6 Å². The molecule has 3 aromatic rings. The molecule has 1 aliphatic rings. The number of para-hydroxylation sites is 1. The zero-order valence-corrected chi connectivity index (χ0v) is 23.2. The Morgan fingerprint density at radius 3 is 2.64 bits per heavy atom. The highest BCUT2D eigenvalue weighted by Crippen LogP contribution is 2.35. The van der Waals surface area contributed by atoms with Crippen LogP contribution in [-0.4, -0.2) is 64.2 Å². The molecule has 3 heterocycles. The van der Waals surface area contributed by atoms with Crippen LogP contribution in [0.4, 0.5) is 4.79 Å². The first-order chi connectivity index (χ1) is 18.6. The molecule has 1 saturated heterocycles. The number of esters is 1. The molecular formula is C30H38N4O5. The summed E-state index contributed by atoms with van der Waals surface area (Å²) >= 11 is 0. The van der Waals surface area contributed by atoms with E-state index in [9.17, 15) is 14.4 Å². The van der Waals surface area contributed by atoms with Crippen LogP contribution < -0.4 is 5.32 Å². The summed E-state index contributed by atoms with van der Waals surface area (Å²) in [7, 11) is 0. The van der Waals surface area contributed by atoms with Crippen LogP contribution in [0.5, 0.6) is 0 Å². The summed E-state index contributed by atoms with van der Waals surface area (Å²) in [4.78, 5) is 49.5. The minimum Gasteiger partial charge on any atom is -0.466 e. The predicted octanol–water partition coefficient (Wildman–Crippen LogP) is 4.41. The van der Waals surface area contributed by atoms with Crippen molar-refractivity contribution in [1.82, 2.24) is 20.2 Å². The Labute approximate surface area is 229 Å². The van der Waals surface area contributed by atoms with E-state index in [4.69, 9.17) is 9.47 Å². The molecule has 0 saturated carbocycles. The summed E-state index contributed by atoms with van der Waals surface area (Å²) in [5, 5.41) is 3.79. The molecular weight excluding hydrogens is 496 g/mol. The third-order valence-electron chi connectivity index (χ3n) is 6.93. The number of ether oxygens (including phenoxy) is 2. The number of likely N-dealkylation sites (tertiary alicyclic amines) is 1. The van der Waals surface area contributed by atoms with Crippen molar-refractivity contribution in [2.45, 2.75) is 65.0 Å². The average Bonchev–Trinajstić information content (AvgIpc) is 3.30. The zero-order valence-electron chi connectivity index (χ0n) is 23.2. The van der Waals surface area contributed by atoms with Gasteiger partial charge in [0.25, 0.3) is 0 Å². The Bertz CT molecular complexity index is 1300. The maximum Gasteiger partial charge on any atom is 0.408 e. The molecule has 0 bridgehead atoms. The van der Waals surface area contributed by atoms with E-state index in [1.165, 1.54) is 0 Å². The van der Waals surface area contributed by atoms with Crippen molar-refractivity contribution < 1.29 is 23.9 Å². The zero-order chi connectivity index (χ0) is 28.0. The Morgan fingerprint density at radius 1 is 1.15 bits per heavy atom. The van der Waals surface area contributed by atoms with Gasteiger partial charge in [-0.25, -0.2) is 4.79 Å². The number of piperidine rings is 1. The third-order valence-corrected chi connectivity index (χ3v) is 6.93. The summed E-state index contributed by atoms with van der Waals surface area (Å²) in [6.07, 6.45) is 4.74. The fourth-order valence-corrected chi connectivity index (χ4v) is 5.23. The lowest BCUT2D eigenvalue weighted by Gasteiger charge is -2.42. The van der Waals surface area contributed by atoms with Crippen molar-refractivity contribution in [2.24, 2.45) is 5.41 Å². The molecule has 4 rings (SSSR count). The normalized spacial score (nSPS) is 18.4. The molecule has 39 heavy (non-hydrogen) atoms. The van der Waals surface area contributed by atoms with E-state index < -0.39 is 23.2 Å². The highest BCUT2D eigenvalue weighted by atomic mass is 16.6. The highest BCUT2D eigenvalue weighted by Gasteiger charge is 2.46. The Kier molecular flexibility index (Phi) is 8.57. The number of hydrogen-bond donors (Lipinski definition) is 2. The van der Waals surface area contributed by atoms with Crippen LogP contribution in [-0.2, 0) is 31.9 Å². The molecule has 1 aliphatic heterocycles. The summed E-state index contributed by atoms with van der Waals surface area (Å²) in [5.74, 6) is -0.595. The summed E-state index contributed by atoms with van der Waals surface area (Å²) in [5.41, 5.74) is 0.982. The van der Waals surface area contributed by atoms with Crippen LogP contribution >= 0.6 is 0 Å². The minimum atomic E-state index is -0.921. The van der Waals surface area contributed by atoms with Gasteiger partial charge in [0.15, 0.2) is 0 Å². The van der Waals surface area contributed by atoms with Gasteiger partial charge < -0.3 is 24.7 Å². The molecule has 0 radical (unpaired) electrons. The molecule has 9 nitrogen and oxygen atoms in total. The summed E-state index contributed by atoms with van der Waals surface area (Å²) in [6.45, 7) is 8.02. The van der Waals surface area contributed by atoms with Gasteiger partial charge in [-0.1, -0.05) is 24.3 Å². The molecule has 9 heteroatoms. The number of aromatic nitrogens is 2. The van der Waals surface area contributed by atoms with E-state index >= 15 is 0 Å². The molecule has 1 aromatic carbocycles. The second kappa shape index (κ2) is 11.9. The fourth-order valence-electron chi connectivity index (χ4n) is 5.23. The largest absolute Gasteiger partial charge is 0.466 e. The Balaban J connectivity index is 1.62. The van der Waals surface area contributed by atoms with Crippen LogP contribution in [0, 0.1) is 5.41 Å². The van der Waals surface area contributed by atoms with Gasteiger partial charge in [-0.2, -0.15) is 0 Å². The van der Waals surface area contributed by atoms with Gasteiger partial charge in [0.1, 0.15) is 11.6 Å². The molecule has 1 fully saturated rings. The monoisotopic (exact) mass is 534 g/mol. The summed E-state index contributed by atoms with van der Waals surface area (Å²) < 4.78 is 11.0. The number of carbonyl (C=O) groups is 3. The second-order valence-corrected chi connectivity index (χ2v) is 11.1. The van der Waals surface area contributed by atoms with Gasteiger partial charge in [0.2, 0.25) is 5.91 Å². The predicted molar refractivity (Wildman–Crippen MR) is 148 cm³/mol. The lowest BCUT2D eigenvalue weighted by atomic mass is 9.75. The number of pyridine rings is 1. The van der Waals surface area contributed by atoms with E-state index in [1.54, 1.807) is 38.8 Å². The number of H-pyrrole nitrogens is 1. The molecule has 0 unspecified atom stereocenters. The standard InChI is InChI=1S/C30H38N4O5/c1-5-38-27(36)30(18-22-11-8-9-15-31-22)14-10-16-34(20-30)26(35)25(33-28(37)39-29(2,3)4)17-21-19-32-24-13-7-6-12-23(21)24/h6-9,11-13,15,19,25,32H,5,10,14,16-18,20H2,1-4H3,(H,33,37)/t25-,30+/m1/s1. The van der Waals surface area contributed by atoms with Crippen molar-refractivity contribution in [1.29, 1.82) is 0 Å². The molecule has 2 atom stereocenters. The van der Waals surface area contributed by atoms with Crippen LogP contribution in [0.15, 0.2) is 54.9 Å². The third kappa shape index (κ3) is 6.96. The minimum absolute atomic E-state index is 0.182. The van der Waals surface area contributed by atoms with E-state index in [0.29, 0.717) is 25.8 Å². The van der Waals surface area contributed by atoms with E-state index in [-0.39, 0.29) is 31.4 Å². The lowest BCUT2D eigenvalue weighted by Crippen LogP contribution is -2.57. The molecule has 0 aliphatic carbocycles. The van der Waals surface area contributed by atoms with Crippen molar-refractivity contribution in [3.63, 3.8) is 0 Å². The van der Waals surface area contributed by atoms with E-state index in [2.05, 4.69) is 15.3 Å². The van der Waals surface area contributed by atoms with Gasteiger partial charge in [0, 0.05) is 54.9 Å². The van der Waals surface area contributed by atoms with Crippen molar-refractivity contribution in [2.75, 3.05) is 19.7 Å².